The van der Waals surface area contributed by atoms with E-state index in [9.17, 15) is 19.5 Å². The van der Waals surface area contributed by atoms with Crippen LogP contribution in [-0.2, 0) is 16.0 Å². The lowest BCUT2D eigenvalue weighted by Crippen LogP contribution is -2.38. The van der Waals surface area contributed by atoms with E-state index < -0.39 is 5.97 Å². The number of carbonyl (C=O) groups excluding carboxylic acids is 2. The highest BCUT2D eigenvalue weighted by atomic mass is 32.1. The van der Waals surface area contributed by atoms with Crippen molar-refractivity contribution in [3.8, 4) is 0 Å². The first-order valence-electron chi connectivity index (χ1n) is 11.3. The molecule has 10 heteroatoms. The topological polar surface area (TPSA) is 112 Å². The highest BCUT2D eigenvalue weighted by molar-refractivity contribution is 7.22. The average molecular weight is 509 g/mol. The van der Waals surface area contributed by atoms with Gasteiger partial charge in [-0.2, -0.15) is 0 Å². The normalized spacial score (nSPS) is 16.1. The molecular formula is C25H24N4O4S2. The maximum absolute atomic E-state index is 12.9. The third-order valence-corrected chi connectivity index (χ3v) is 8.27. The van der Waals surface area contributed by atoms with Gasteiger partial charge in [0.15, 0.2) is 5.13 Å². The zero-order valence-electron chi connectivity index (χ0n) is 19.0. The summed E-state index contributed by atoms with van der Waals surface area (Å²) in [6.07, 6.45) is 2.49. The van der Waals surface area contributed by atoms with Gasteiger partial charge < -0.3 is 15.7 Å². The molecule has 2 aromatic carbocycles. The van der Waals surface area contributed by atoms with Crippen LogP contribution in [0.5, 0.6) is 0 Å². The van der Waals surface area contributed by atoms with Crippen LogP contribution >= 0.6 is 22.7 Å². The van der Waals surface area contributed by atoms with E-state index in [1.54, 1.807) is 6.07 Å². The molecule has 0 radical (unpaired) electrons. The molecule has 1 aliphatic heterocycles. The summed E-state index contributed by atoms with van der Waals surface area (Å²) in [5.74, 6) is -1.19. The van der Waals surface area contributed by atoms with Gasteiger partial charge in [0.1, 0.15) is 4.88 Å². The Labute approximate surface area is 209 Å². The van der Waals surface area contributed by atoms with Gasteiger partial charge in [0.25, 0.3) is 0 Å². The maximum atomic E-state index is 12.9. The molecule has 2 amide bonds. The fourth-order valence-corrected chi connectivity index (χ4v) is 6.64. The number of benzene rings is 2. The number of thiazole rings is 1. The van der Waals surface area contributed by atoms with Gasteiger partial charge in [-0.05, 0) is 61.0 Å². The fraction of sp³-hybridized carbons (Fsp3) is 0.280. The molecule has 1 atom stereocenters. The van der Waals surface area contributed by atoms with Crippen LogP contribution in [0, 0.1) is 0 Å². The van der Waals surface area contributed by atoms with Crippen LogP contribution in [0.4, 0.5) is 10.8 Å². The van der Waals surface area contributed by atoms with Crippen LogP contribution in [0.2, 0.25) is 0 Å². The lowest BCUT2D eigenvalue weighted by molar-refractivity contribution is -0.117. The zero-order chi connectivity index (χ0) is 24.5. The predicted molar refractivity (Wildman–Crippen MR) is 140 cm³/mol. The number of hydrogen-bond donors (Lipinski definition) is 3. The Balaban J connectivity index is 1.28. The summed E-state index contributed by atoms with van der Waals surface area (Å²) in [6.45, 7) is 2.47. The van der Waals surface area contributed by atoms with Crippen LogP contribution in [0.1, 0.15) is 35.0 Å². The van der Waals surface area contributed by atoms with Gasteiger partial charge in [-0.1, -0.05) is 29.5 Å². The standard InChI is InChI=1S/C25H24N4O4S2/c1-14(30)26-15-8-9-19-21(11-15)35-25(27-19)28-22(31)13-29-10-4-5-16(29)12-18-17-6-2-3-7-20(17)34-23(18)24(32)33/h2-3,6-9,11,16H,4-5,10,12-13H2,1H3,(H,26,30)(H,32,33)(H,27,28,31)/t16-/m0/s1. The van der Waals surface area contributed by atoms with Gasteiger partial charge in [0.05, 0.1) is 16.8 Å². The number of aromatic nitrogens is 1. The number of anilines is 2. The molecule has 1 saturated heterocycles. The van der Waals surface area contributed by atoms with E-state index in [1.165, 1.54) is 29.6 Å². The molecule has 180 valence electrons. The Morgan fingerprint density at radius 2 is 1.94 bits per heavy atom. The van der Waals surface area contributed by atoms with Crippen LogP contribution in [0.25, 0.3) is 20.3 Å². The number of carboxylic acids is 1. The van der Waals surface area contributed by atoms with Gasteiger partial charge in [-0.15, -0.1) is 11.3 Å². The number of amides is 2. The van der Waals surface area contributed by atoms with Crippen molar-refractivity contribution in [3.63, 3.8) is 0 Å². The number of thiophene rings is 1. The predicted octanol–water partition coefficient (Wildman–Crippen LogP) is 4.81. The molecule has 5 rings (SSSR count). The van der Waals surface area contributed by atoms with E-state index in [0.717, 1.165) is 45.3 Å². The van der Waals surface area contributed by atoms with E-state index in [2.05, 4.69) is 20.5 Å². The first-order valence-corrected chi connectivity index (χ1v) is 13.0. The van der Waals surface area contributed by atoms with Crippen LogP contribution in [-0.4, -0.2) is 51.9 Å². The molecule has 1 fully saturated rings. The molecule has 8 nitrogen and oxygen atoms in total. The van der Waals surface area contributed by atoms with E-state index in [4.69, 9.17) is 0 Å². The van der Waals surface area contributed by atoms with Crippen molar-refractivity contribution in [2.45, 2.75) is 32.2 Å². The molecule has 0 aliphatic carbocycles. The summed E-state index contributed by atoms with van der Waals surface area (Å²) < 4.78 is 1.84. The lowest BCUT2D eigenvalue weighted by atomic mass is 10.0. The molecule has 0 bridgehead atoms. The quantitative estimate of drug-likeness (QED) is 0.330. The van der Waals surface area contributed by atoms with E-state index >= 15 is 0 Å². The van der Waals surface area contributed by atoms with Crippen molar-refractivity contribution >= 4 is 71.6 Å². The summed E-state index contributed by atoms with van der Waals surface area (Å²) >= 11 is 2.67. The fourth-order valence-electron chi connectivity index (χ4n) is 4.65. The smallest absolute Gasteiger partial charge is 0.346 e. The Kier molecular flexibility index (Phi) is 6.50. The van der Waals surface area contributed by atoms with Gasteiger partial charge in [-0.25, -0.2) is 9.78 Å². The van der Waals surface area contributed by atoms with Crippen LogP contribution in [0.3, 0.4) is 0 Å². The van der Waals surface area contributed by atoms with Crippen molar-refractivity contribution in [1.29, 1.82) is 0 Å². The second kappa shape index (κ2) is 9.73. The first kappa shape index (κ1) is 23.4. The highest BCUT2D eigenvalue weighted by Gasteiger charge is 2.29. The third-order valence-electron chi connectivity index (χ3n) is 6.13. The summed E-state index contributed by atoms with van der Waals surface area (Å²) in [7, 11) is 0. The zero-order valence-corrected chi connectivity index (χ0v) is 20.7. The SMILES string of the molecule is CC(=O)Nc1ccc2nc(NC(=O)CN3CCC[C@H]3Cc3c(C(=O)O)sc4ccccc34)sc2c1. The van der Waals surface area contributed by atoms with Gasteiger partial charge in [0.2, 0.25) is 11.8 Å². The Bertz CT molecular complexity index is 1440. The molecule has 3 heterocycles. The molecule has 0 saturated carbocycles. The monoisotopic (exact) mass is 508 g/mol. The number of carbonyl (C=O) groups is 3. The van der Waals surface area contributed by atoms with Gasteiger partial charge >= 0.3 is 5.97 Å². The molecular weight excluding hydrogens is 484 g/mol. The lowest BCUT2D eigenvalue weighted by Gasteiger charge is -2.23. The van der Waals surface area contributed by atoms with Crippen molar-refractivity contribution in [3.05, 3.63) is 52.9 Å². The molecule has 0 spiro atoms. The molecule has 0 unspecified atom stereocenters. The third kappa shape index (κ3) is 5.04. The number of aromatic carboxylic acids is 1. The Morgan fingerprint density at radius 3 is 2.74 bits per heavy atom. The average Bonchev–Trinajstić information content (AvgIpc) is 3.51. The maximum Gasteiger partial charge on any atom is 0.346 e. The molecule has 35 heavy (non-hydrogen) atoms. The highest BCUT2D eigenvalue weighted by Crippen LogP contribution is 2.34. The van der Waals surface area contributed by atoms with Crippen molar-refractivity contribution < 1.29 is 19.5 Å². The van der Waals surface area contributed by atoms with Gasteiger partial charge in [-0.3, -0.25) is 14.5 Å². The number of rotatable bonds is 7. The summed E-state index contributed by atoms with van der Waals surface area (Å²) in [4.78, 5) is 43.0. The summed E-state index contributed by atoms with van der Waals surface area (Å²) in [6, 6.07) is 13.3. The van der Waals surface area contributed by atoms with E-state index in [0.29, 0.717) is 22.1 Å². The Hall–Kier alpha value is -3.34. The minimum atomic E-state index is -0.902. The number of hydrogen-bond acceptors (Lipinski definition) is 7. The Morgan fingerprint density at radius 1 is 1.11 bits per heavy atom. The number of carboxylic acid groups (broad SMARTS) is 1. The minimum Gasteiger partial charge on any atom is -0.477 e. The van der Waals surface area contributed by atoms with Crippen molar-refractivity contribution in [2.24, 2.45) is 0 Å². The largest absolute Gasteiger partial charge is 0.477 e. The van der Waals surface area contributed by atoms with Crippen LogP contribution in [0.15, 0.2) is 42.5 Å². The summed E-state index contributed by atoms with van der Waals surface area (Å²) in [5.41, 5.74) is 2.30. The van der Waals surface area contributed by atoms with Gasteiger partial charge in [0, 0.05) is 23.4 Å². The van der Waals surface area contributed by atoms with E-state index in [-0.39, 0.29) is 24.4 Å². The molecule has 4 aromatic rings. The molecule has 1 aliphatic rings. The summed E-state index contributed by atoms with van der Waals surface area (Å²) in [5, 5.41) is 16.9. The van der Waals surface area contributed by atoms with E-state index in [1.807, 2.05) is 36.4 Å². The first-order chi connectivity index (χ1) is 16.9. The molecule has 3 N–H and O–H groups in total. The number of nitrogens with zero attached hydrogens (tertiary/aromatic N) is 2. The minimum absolute atomic E-state index is 0.104. The molecule has 2 aromatic heterocycles. The number of likely N-dealkylation sites (tertiary alicyclic amines) is 1. The second-order valence-corrected chi connectivity index (χ2v) is 10.7. The van der Waals surface area contributed by atoms with Crippen LogP contribution < -0.4 is 10.6 Å². The number of fused-ring (bicyclic) bond motifs is 2. The van der Waals surface area contributed by atoms with Crippen molar-refractivity contribution in [2.75, 3.05) is 23.7 Å². The second-order valence-electron chi connectivity index (χ2n) is 8.61. The van der Waals surface area contributed by atoms with Crippen molar-refractivity contribution in [1.82, 2.24) is 9.88 Å². The number of nitrogens with one attached hydrogen (secondary N) is 2.